The molecule has 5 nitrogen and oxygen atoms in total. The molecule has 1 aliphatic heterocycles. The van der Waals surface area contributed by atoms with Crippen molar-refractivity contribution < 1.29 is 14.3 Å². The lowest BCUT2D eigenvalue weighted by Crippen LogP contribution is -2.30. The third-order valence-electron chi connectivity index (χ3n) is 5.75. The zero-order chi connectivity index (χ0) is 21.9. The van der Waals surface area contributed by atoms with Gasteiger partial charge in [0.2, 0.25) is 5.91 Å². The topological polar surface area (TPSA) is 63.4 Å². The average molecular weight is 447 g/mol. The van der Waals surface area contributed by atoms with E-state index in [0.29, 0.717) is 30.5 Å². The number of aromatic amines is 1. The SMILES string of the molecule is O=C(Cc1ccc2c(c1)OCCO2)NCC(c1ccccc1Cl)c1c[nH]c2ccccc12. The Labute approximate surface area is 191 Å². The first-order valence-corrected chi connectivity index (χ1v) is 11.0. The standard InChI is InChI=1S/C26H23ClN2O3/c27-22-7-3-1-5-18(22)20(21-15-28-23-8-4-2-6-19(21)23)16-29-26(30)14-17-9-10-24-25(13-17)32-12-11-31-24/h1-10,13,15,20,28H,11-12,14,16H2,(H,29,30). The fourth-order valence-electron chi connectivity index (χ4n) is 4.19. The first kappa shape index (κ1) is 20.5. The second kappa shape index (κ2) is 8.97. The van der Waals surface area contributed by atoms with Gasteiger partial charge in [-0.25, -0.2) is 0 Å². The van der Waals surface area contributed by atoms with E-state index in [0.717, 1.165) is 33.3 Å². The third kappa shape index (κ3) is 4.16. The highest BCUT2D eigenvalue weighted by molar-refractivity contribution is 6.31. The normalized spacial score (nSPS) is 13.7. The van der Waals surface area contributed by atoms with Crippen LogP contribution in [-0.4, -0.2) is 30.6 Å². The van der Waals surface area contributed by atoms with Crippen LogP contribution in [0, 0.1) is 0 Å². The summed E-state index contributed by atoms with van der Waals surface area (Å²) in [6.07, 6.45) is 2.27. The highest BCUT2D eigenvalue weighted by Gasteiger charge is 2.21. The summed E-state index contributed by atoms with van der Waals surface area (Å²) in [4.78, 5) is 16.1. The minimum Gasteiger partial charge on any atom is -0.486 e. The van der Waals surface area contributed by atoms with Gasteiger partial charge in [0.05, 0.1) is 6.42 Å². The number of halogens is 1. The van der Waals surface area contributed by atoms with Gasteiger partial charge in [0.1, 0.15) is 13.2 Å². The third-order valence-corrected chi connectivity index (χ3v) is 6.10. The Hall–Kier alpha value is -3.44. The Kier molecular flexibility index (Phi) is 5.73. The van der Waals surface area contributed by atoms with Crippen LogP contribution in [0.3, 0.4) is 0 Å². The van der Waals surface area contributed by atoms with Crippen molar-refractivity contribution in [1.82, 2.24) is 10.3 Å². The van der Waals surface area contributed by atoms with E-state index in [2.05, 4.69) is 16.4 Å². The summed E-state index contributed by atoms with van der Waals surface area (Å²) >= 11 is 6.55. The predicted octanol–water partition coefficient (Wildman–Crippen LogP) is 5.08. The smallest absolute Gasteiger partial charge is 0.224 e. The van der Waals surface area contributed by atoms with Crippen LogP contribution in [0.5, 0.6) is 11.5 Å². The molecule has 1 aromatic heterocycles. The number of carbonyl (C=O) groups is 1. The van der Waals surface area contributed by atoms with Gasteiger partial charge in [-0.1, -0.05) is 54.1 Å². The van der Waals surface area contributed by atoms with Gasteiger partial charge in [-0.3, -0.25) is 4.79 Å². The maximum absolute atomic E-state index is 12.8. The molecule has 1 unspecified atom stereocenters. The number of nitrogens with one attached hydrogen (secondary N) is 2. The van der Waals surface area contributed by atoms with Crippen LogP contribution in [-0.2, 0) is 11.2 Å². The van der Waals surface area contributed by atoms with E-state index in [1.165, 1.54) is 0 Å². The molecule has 6 heteroatoms. The maximum Gasteiger partial charge on any atom is 0.224 e. The fraction of sp³-hybridized carbons (Fsp3) is 0.192. The summed E-state index contributed by atoms with van der Waals surface area (Å²) in [6.45, 7) is 1.51. The van der Waals surface area contributed by atoms with Crippen LogP contribution in [0.2, 0.25) is 5.02 Å². The molecule has 32 heavy (non-hydrogen) atoms. The van der Waals surface area contributed by atoms with Crippen LogP contribution in [0.4, 0.5) is 0 Å². The summed E-state index contributed by atoms with van der Waals surface area (Å²) in [5.74, 6) is 1.27. The summed E-state index contributed by atoms with van der Waals surface area (Å²) in [5.41, 5.74) is 4.03. The molecule has 162 valence electrons. The van der Waals surface area contributed by atoms with Crippen molar-refractivity contribution in [1.29, 1.82) is 0 Å². The van der Waals surface area contributed by atoms with E-state index in [1.54, 1.807) is 0 Å². The number of carbonyl (C=O) groups excluding carboxylic acids is 1. The molecular formula is C26H23ClN2O3. The minimum atomic E-state index is -0.0796. The first-order chi connectivity index (χ1) is 15.7. The second-order valence-corrected chi connectivity index (χ2v) is 8.23. The Morgan fingerprint density at radius 2 is 1.75 bits per heavy atom. The molecule has 3 aromatic carbocycles. The highest BCUT2D eigenvalue weighted by atomic mass is 35.5. The predicted molar refractivity (Wildman–Crippen MR) is 126 cm³/mol. The van der Waals surface area contributed by atoms with Crippen LogP contribution in [0.25, 0.3) is 10.9 Å². The zero-order valence-electron chi connectivity index (χ0n) is 17.4. The summed E-state index contributed by atoms with van der Waals surface area (Å²) < 4.78 is 11.2. The Balaban J connectivity index is 1.36. The summed E-state index contributed by atoms with van der Waals surface area (Å²) in [5, 5.41) is 4.91. The lowest BCUT2D eigenvalue weighted by Gasteiger charge is -2.20. The molecular weight excluding hydrogens is 424 g/mol. The van der Waals surface area contributed by atoms with Crippen molar-refractivity contribution >= 4 is 28.4 Å². The Morgan fingerprint density at radius 1 is 0.969 bits per heavy atom. The number of aromatic nitrogens is 1. The number of rotatable bonds is 6. The minimum absolute atomic E-state index is 0.0569. The molecule has 0 fully saturated rings. The molecule has 4 aromatic rings. The van der Waals surface area contributed by atoms with Gasteiger partial charge in [-0.15, -0.1) is 0 Å². The quantitative estimate of drug-likeness (QED) is 0.434. The van der Waals surface area contributed by atoms with Gasteiger partial charge in [0, 0.05) is 34.6 Å². The van der Waals surface area contributed by atoms with Gasteiger partial charge in [0.15, 0.2) is 11.5 Å². The lowest BCUT2D eigenvalue weighted by atomic mass is 9.90. The summed E-state index contributed by atoms with van der Waals surface area (Å²) in [7, 11) is 0. The van der Waals surface area contributed by atoms with E-state index in [1.807, 2.05) is 66.9 Å². The van der Waals surface area contributed by atoms with Crippen molar-refractivity contribution in [3.8, 4) is 11.5 Å². The number of hydrogen-bond donors (Lipinski definition) is 2. The van der Waals surface area contributed by atoms with E-state index in [-0.39, 0.29) is 18.2 Å². The van der Waals surface area contributed by atoms with Crippen LogP contribution in [0.1, 0.15) is 22.6 Å². The van der Waals surface area contributed by atoms with Crippen molar-refractivity contribution in [2.75, 3.05) is 19.8 Å². The van der Waals surface area contributed by atoms with Crippen molar-refractivity contribution in [2.24, 2.45) is 0 Å². The molecule has 0 spiro atoms. The molecule has 1 aliphatic rings. The van der Waals surface area contributed by atoms with Crippen LogP contribution in [0.15, 0.2) is 72.9 Å². The van der Waals surface area contributed by atoms with Gasteiger partial charge in [-0.2, -0.15) is 0 Å². The molecule has 2 heterocycles. The number of amides is 1. The number of fused-ring (bicyclic) bond motifs is 2. The monoisotopic (exact) mass is 446 g/mol. The molecule has 1 amide bonds. The zero-order valence-corrected chi connectivity index (χ0v) is 18.2. The number of benzene rings is 3. The molecule has 5 rings (SSSR count). The van der Waals surface area contributed by atoms with Crippen molar-refractivity contribution in [3.63, 3.8) is 0 Å². The maximum atomic E-state index is 12.8. The number of hydrogen-bond acceptors (Lipinski definition) is 3. The Morgan fingerprint density at radius 3 is 2.62 bits per heavy atom. The van der Waals surface area contributed by atoms with Crippen molar-refractivity contribution in [2.45, 2.75) is 12.3 Å². The number of para-hydroxylation sites is 1. The molecule has 0 aliphatic carbocycles. The molecule has 0 saturated carbocycles. The lowest BCUT2D eigenvalue weighted by molar-refractivity contribution is -0.120. The van der Waals surface area contributed by atoms with Gasteiger partial charge in [-0.05, 0) is 41.0 Å². The second-order valence-electron chi connectivity index (χ2n) is 7.82. The first-order valence-electron chi connectivity index (χ1n) is 10.6. The van der Waals surface area contributed by atoms with Crippen LogP contribution < -0.4 is 14.8 Å². The molecule has 0 saturated heterocycles. The highest BCUT2D eigenvalue weighted by Crippen LogP contribution is 2.34. The number of H-pyrrole nitrogens is 1. The Bertz CT molecular complexity index is 1270. The summed E-state index contributed by atoms with van der Waals surface area (Å²) in [6, 6.07) is 21.6. The number of ether oxygens (including phenoxy) is 2. The van der Waals surface area contributed by atoms with Crippen LogP contribution >= 0.6 is 11.6 Å². The molecule has 0 bridgehead atoms. The van der Waals surface area contributed by atoms with Gasteiger partial charge in [0.25, 0.3) is 0 Å². The van der Waals surface area contributed by atoms with E-state index in [9.17, 15) is 4.79 Å². The fourth-order valence-corrected chi connectivity index (χ4v) is 4.46. The largest absolute Gasteiger partial charge is 0.486 e. The van der Waals surface area contributed by atoms with E-state index in [4.69, 9.17) is 21.1 Å². The molecule has 2 N–H and O–H groups in total. The molecule has 0 radical (unpaired) electrons. The van der Waals surface area contributed by atoms with E-state index >= 15 is 0 Å². The van der Waals surface area contributed by atoms with Crippen molar-refractivity contribution in [3.05, 3.63) is 94.6 Å². The van der Waals surface area contributed by atoms with Gasteiger partial charge >= 0.3 is 0 Å². The van der Waals surface area contributed by atoms with E-state index < -0.39 is 0 Å². The average Bonchev–Trinajstić information content (AvgIpc) is 3.24. The molecule has 1 atom stereocenters. The van der Waals surface area contributed by atoms with Gasteiger partial charge < -0.3 is 19.8 Å².